The fraction of sp³-hybridized carbons (Fsp3) is 0.261. The van der Waals surface area contributed by atoms with Gasteiger partial charge in [0.1, 0.15) is 0 Å². The predicted molar refractivity (Wildman–Crippen MR) is 112 cm³/mol. The molecular weight excluding hydrogens is 332 g/mol. The molecule has 0 saturated heterocycles. The van der Waals surface area contributed by atoms with Crippen molar-refractivity contribution in [2.75, 3.05) is 5.32 Å². The van der Waals surface area contributed by atoms with Crippen molar-refractivity contribution >= 4 is 17.3 Å². The molecule has 3 aromatic rings. The number of nitrogens with one attached hydrogen (secondary N) is 1. The number of nitrogens with zero attached hydrogens (tertiary/aromatic N) is 3. The SMILES string of the molecule is CC1=NCc2c(C)nc(Nc3cc(C)c(C)c(C)c3)nc2-c2ccccc21. The van der Waals surface area contributed by atoms with E-state index in [2.05, 4.69) is 63.3 Å². The number of aryl methyl sites for hydroxylation is 3. The molecule has 0 radical (unpaired) electrons. The van der Waals surface area contributed by atoms with Gasteiger partial charge in [-0.05, 0) is 63.4 Å². The molecule has 2 aromatic carbocycles. The highest BCUT2D eigenvalue weighted by Gasteiger charge is 2.20. The molecular formula is C23H24N4. The van der Waals surface area contributed by atoms with Gasteiger partial charge in [-0.15, -0.1) is 0 Å². The summed E-state index contributed by atoms with van der Waals surface area (Å²) < 4.78 is 0. The molecule has 0 atom stereocenters. The van der Waals surface area contributed by atoms with Crippen LogP contribution in [-0.4, -0.2) is 15.7 Å². The van der Waals surface area contributed by atoms with E-state index >= 15 is 0 Å². The fourth-order valence-electron chi connectivity index (χ4n) is 3.59. The lowest BCUT2D eigenvalue weighted by Crippen LogP contribution is -2.05. The van der Waals surface area contributed by atoms with Crippen LogP contribution in [-0.2, 0) is 6.54 Å². The monoisotopic (exact) mass is 356 g/mol. The number of hydrogen-bond acceptors (Lipinski definition) is 4. The highest BCUT2D eigenvalue weighted by atomic mass is 15.1. The number of anilines is 2. The summed E-state index contributed by atoms with van der Waals surface area (Å²) in [5, 5.41) is 3.41. The summed E-state index contributed by atoms with van der Waals surface area (Å²) in [7, 11) is 0. The molecule has 4 heteroatoms. The lowest BCUT2D eigenvalue weighted by molar-refractivity contribution is 0.983. The third kappa shape index (κ3) is 3.12. The molecule has 0 aliphatic carbocycles. The quantitative estimate of drug-likeness (QED) is 0.665. The average Bonchev–Trinajstić information content (AvgIpc) is 2.78. The van der Waals surface area contributed by atoms with Crippen molar-refractivity contribution < 1.29 is 0 Å². The minimum Gasteiger partial charge on any atom is -0.324 e. The fourth-order valence-corrected chi connectivity index (χ4v) is 3.59. The second-order valence-electron chi connectivity index (χ2n) is 7.27. The second-order valence-corrected chi connectivity index (χ2v) is 7.27. The van der Waals surface area contributed by atoms with E-state index in [1.807, 2.05) is 13.0 Å². The zero-order valence-electron chi connectivity index (χ0n) is 16.5. The van der Waals surface area contributed by atoms with Crippen LogP contribution in [0, 0.1) is 27.7 Å². The molecule has 1 aliphatic rings. The Kier molecular flexibility index (Phi) is 4.27. The summed E-state index contributed by atoms with van der Waals surface area (Å²) in [6, 6.07) is 12.6. The van der Waals surface area contributed by atoms with Crippen molar-refractivity contribution in [3.05, 3.63) is 69.9 Å². The van der Waals surface area contributed by atoms with Gasteiger partial charge in [0, 0.05) is 33.8 Å². The molecule has 0 bridgehead atoms. The first-order valence-corrected chi connectivity index (χ1v) is 9.27. The Morgan fingerprint density at radius 3 is 2.22 bits per heavy atom. The molecule has 4 rings (SSSR count). The first-order valence-electron chi connectivity index (χ1n) is 9.27. The first-order chi connectivity index (χ1) is 12.9. The first kappa shape index (κ1) is 17.4. The van der Waals surface area contributed by atoms with E-state index in [1.54, 1.807) is 0 Å². The predicted octanol–water partition coefficient (Wildman–Crippen LogP) is 5.44. The normalized spacial score (nSPS) is 12.7. The lowest BCUT2D eigenvalue weighted by atomic mass is 9.99. The van der Waals surface area contributed by atoms with Crippen LogP contribution in [0.4, 0.5) is 11.6 Å². The van der Waals surface area contributed by atoms with Crippen molar-refractivity contribution in [3.8, 4) is 11.3 Å². The Hall–Kier alpha value is -3.01. The Balaban J connectivity index is 1.82. The van der Waals surface area contributed by atoms with Crippen molar-refractivity contribution in [2.45, 2.75) is 41.2 Å². The molecule has 0 amide bonds. The third-order valence-electron chi connectivity index (χ3n) is 5.44. The minimum atomic E-state index is 0.616. The maximum atomic E-state index is 4.89. The van der Waals surface area contributed by atoms with Crippen LogP contribution < -0.4 is 5.32 Å². The maximum Gasteiger partial charge on any atom is 0.228 e. The van der Waals surface area contributed by atoms with Crippen LogP contribution in [0.25, 0.3) is 11.3 Å². The Morgan fingerprint density at radius 1 is 0.852 bits per heavy atom. The van der Waals surface area contributed by atoms with Gasteiger partial charge in [0.15, 0.2) is 0 Å². The highest BCUT2D eigenvalue weighted by Crippen LogP contribution is 2.32. The smallest absolute Gasteiger partial charge is 0.228 e. The van der Waals surface area contributed by atoms with Crippen molar-refractivity contribution in [3.63, 3.8) is 0 Å². The highest BCUT2D eigenvalue weighted by molar-refractivity contribution is 6.05. The Morgan fingerprint density at radius 2 is 1.52 bits per heavy atom. The van der Waals surface area contributed by atoms with Gasteiger partial charge in [0.25, 0.3) is 0 Å². The molecule has 2 heterocycles. The number of aromatic nitrogens is 2. The van der Waals surface area contributed by atoms with Crippen LogP contribution in [0.2, 0.25) is 0 Å². The third-order valence-corrected chi connectivity index (χ3v) is 5.44. The number of fused-ring (bicyclic) bond motifs is 3. The van der Waals surface area contributed by atoms with Crippen LogP contribution in [0.1, 0.15) is 40.4 Å². The number of hydrogen-bond donors (Lipinski definition) is 1. The van der Waals surface area contributed by atoms with Gasteiger partial charge in [0.2, 0.25) is 5.95 Å². The van der Waals surface area contributed by atoms with Crippen LogP contribution in [0.15, 0.2) is 41.4 Å². The van der Waals surface area contributed by atoms with E-state index in [-0.39, 0.29) is 0 Å². The molecule has 27 heavy (non-hydrogen) atoms. The van der Waals surface area contributed by atoms with E-state index < -0.39 is 0 Å². The Labute approximate surface area is 160 Å². The molecule has 1 aromatic heterocycles. The summed E-state index contributed by atoms with van der Waals surface area (Å²) in [4.78, 5) is 14.3. The van der Waals surface area contributed by atoms with Crippen LogP contribution in [0.3, 0.4) is 0 Å². The van der Waals surface area contributed by atoms with Gasteiger partial charge >= 0.3 is 0 Å². The molecule has 0 fully saturated rings. The van der Waals surface area contributed by atoms with E-state index in [1.165, 1.54) is 16.7 Å². The largest absolute Gasteiger partial charge is 0.324 e. The molecule has 136 valence electrons. The summed E-state index contributed by atoms with van der Waals surface area (Å²) in [6.07, 6.45) is 0. The van der Waals surface area contributed by atoms with Gasteiger partial charge in [-0.3, -0.25) is 4.99 Å². The van der Waals surface area contributed by atoms with E-state index in [0.29, 0.717) is 12.5 Å². The van der Waals surface area contributed by atoms with Crippen LogP contribution in [0.5, 0.6) is 0 Å². The summed E-state index contributed by atoms with van der Waals surface area (Å²) in [5.74, 6) is 0.628. The number of aliphatic imine (C=N–C) groups is 1. The standard InChI is InChI=1S/C23H24N4/c1-13-10-18(11-14(2)15(13)3)26-23-25-17(5)21-12-24-16(4)19-8-6-7-9-20(19)22(21)27-23/h6-11H,12H2,1-5H3,(H,25,26,27). The summed E-state index contributed by atoms with van der Waals surface area (Å²) >= 11 is 0. The average molecular weight is 356 g/mol. The van der Waals surface area contributed by atoms with Crippen LogP contribution >= 0.6 is 0 Å². The van der Waals surface area contributed by atoms with Gasteiger partial charge in [-0.2, -0.15) is 0 Å². The summed E-state index contributed by atoms with van der Waals surface area (Å²) in [6.45, 7) is 11.1. The van der Waals surface area contributed by atoms with Gasteiger partial charge in [-0.25, -0.2) is 9.97 Å². The molecule has 0 spiro atoms. The van der Waals surface area contributed by atoms with E-state index in [0.717, 1.165) is 39.5 Å². The van der Waals surface area contributed by atoms with Crippen molar-refractivity contribution in [1.82, 2.24) is 9.97 Å². The number of rotatable bonds is 2. The molecule has 0 unspecified atom stereocenters. The summed E-state index contributed by atoms with van der Waals surface area (Å²) in [5.41, 5.74) is 11.2. The van der Waals surface area contributed by atoms with Gasteiger partial charge in [-0.1, -0.05) is 24.3 Å². The second kappa shape index (κ2) is 6.62. The van der Waals surface area contributed by atoms with Gasteiger partial charge in [0.05, 0.1) is 12.2 Å². The van der Waals surface area contributed by atoms with E-state index in [9.17, 15) is 0 Å². The number of benzene rings is 2. The molecule has 4 nitrogen and oxygen atoms in total. The minimum absolute atomic E-state index is 0.616. The zero-order chi connectivity index (χ0) is 19.1. The van der Waals surface area contributed by atoms with Crippen molar-refractivity contribution in [1.29, 1.82) is 0 Å². The molecule has 0 saturated carbocycles. The Bertz CT molecular complexity index is 1060. The lowest BCUT2D eigenvalue weighted by Gasteiger charge is -2.14. The molecule has 1 N–H and O–H groups in total. The maximum absolute atomic E-state index is 4.89. The topological polar surface area (TPSA) is 50.2 Å². The van der Waals surface area contributed by atoms with Crippen molar-refractivity contribution in [2.24, 2.45) is 4.99 Å². The van der Waals surface area contributed by atoms with Gasteiger partial charge < -0.3 is 5.32 Å². The van der Waals surface area contributed by atoms with E-state index in [4.69, 9.17) is 15.0 Å². The zero-order valence-corrected chi connectivity index (χ0v) is 16.5. The molecule has 1 aliphatic heterocycles.